The number of rotatable bonds is 5. The molecule has 0 radical (unpaired) electrons. The predicted octanol–water partition coefficient (Wildman–Crippen LogP) is 2.49. The van der Waals surface area contributed by atoms with Gasteiger partial charge in [0.15, 0.2) is 0 Å². The predicted molar refractivity (Wildman–Crippen MR) is 116 cm³/mol. The van der Waals surface area contributed by atoms with Crippen molar-refractivity contribution in [2.24, 2.45) is 18.9 Å². The molecular formula is C24H28N4O3. The van der Waals surface area contributed by atoms with Gasteiger partial charge >= 0.3 is 0 Å². The molecule has 4 atom stereocenters. The maximum atomic E-state index is 13.5. The molecular weight excluding hydrogens is 392 g/mol. The molecule has 0 saturated carbocycles. The Hall–Kier alpha value is -2.93. The van der Waals surface area contributed by atoms with E-state index in [1.54, 1.807) is 27.7 Å². The Morgan fingerprint density at radius 3 is 2.71 bits per heavy atom. The molecule has 1 aromatic heterocycles. The number of carbonyl (C=O) groups is 2. The third-order valence-corrected chi connectivity index (χ3v) is 6.81. The standard InChI is InChI=1S/C24H28N4O3/c1-15(2)17-5-7-18(8-6-17)28-14-24-10-9-19(31-24)20(21(24)23(28)30)22(29)26(3)12-16-11-25-27(4)13-16/h5-11,13,15,19-21H,12,14H2,1-4H3/t19-,20-,21+,24-/m0/s1. The van der Waals surface area contributed by atoms with E-state index in [0.717, 1.165) is 11.3 Å². The van der Waals surface area contributed by atoms with Crippen molar-refractivity contribution in [1.29, 1.82) is 0 Å². The molecule has 3 aliphatic rings. The Kier molecular flexibility index (Phi) is 4.55. The number of ether oxygens (including phenoxy) is 1. The van der Waals surface area contributed by atoms with Crippen LogP contribution in [0, 0.1) is 11.8 Å². The lowest BCUT2D eigenvalue weighted by atomic mass is 9.76. The zero-order valence-electron chi connectivity index (χ0n) is 18.4. The summed E-state index contributed by atoms with van der Waals surface area (Å²) in [7, 11) is 3.63. The highest BCUT2D eigenvalue weighted by molar-refractivity contribution is 6.03. The first-order chi connectivity index (χ1) is 14.8. The first-order valence-corrected chi connectivity index (χ1v) is 10.8. The van der Waals surface area contributed by atoms with Crippen LogP contribution in [0.1, 0.15) is 30.9 Å². The summed E-state index contributed by atoms with van der Waals surface area (Å²) in [6, 6.07) is 8.12. The molecule has 2 amide bonds. The van der Waals surface area contributed by atoms with Gasteiger partial charge in [-0.05, 0) is 23.6 Å². The first-order valence-electron chi connectivity index (χ1n) is 10.8. The molecule has 4 heterocycles. The first kappa shape index (κ1) is 20.0. The summed E-state index contributed by atoms with van der Waals surface area (Å²) in [5, 5.41) is 4.17. The summed E-state index contributed by atoms with van der Waals surface area (Å²) in [6.45, 7) is 5.19. The molecule has 1 spiro atoms. The molecule has 2 saturated heterocycles. The van der Waals surface area contributed by atoms with Crippen LogP contribution in [-0.4, -0.2) is 51.8 Å². The summed E-state index contributed by atoms with van der Waals surface area (Å²) in [6.07, 6.45) is 7.25. The van der Waals surface area contributed by atoms with Crippen molar-refractivity contribution >= 4 is 17.5 Å². The molecule has 5 rings (SSSR count). The van der Waals surface area contributed by atoms with Gasteiger partial charge < -0.3 is 14.5 Å². The third kappa shape index (κ3) is 3.10. The number of amides is 2. The molecule has 2 bridgehead atoms. The summed E-state index contributed by atoms with van der Waals surface area (Å²) < 4.78 is 7.99. The van der Waals surface area contributed by atoms with Crippen LogP contribution in [0.4, 0.5) is 5.69 Å². The maximum Gasteiger partial charge on any atom is 0.234 e. The second-order valence-electron chi connectivity index (χ2n) is 9.29. The van der Waals surface area contributed by atoms with Crippen LogP contribution in [0.3, 0.4) is 0 Å². The number of fused-ring (bicyclic) bond motifs is 1. The third-order valence-electron chi connectivity index (χ3n) is 6.81. The highest BCUT2D eigenvalue weighted by Crippen LogP contribution is 2.53. The van der Waals surface area contributed by atoms with Crippen molar-refractivity contribution in [1.82, 2.24) is 14.7 Å². The molecule has 2 aromatic rings. The summed E-state index contributed by atoms with van der Waals surface area (Å²) >= 11 is 0. The van der Waals surface area contributed by atoms with Crippen molar-refractivity contribution in [2.45, 2.75) is 38.0 Å². The van der Waals surface area contributed by atoms with Crippen molar-refractivity contribution in [3.05, 3.63) is 59.9 Å². The Morgan fingerprint density at radius 1 is 1.32 bits per heavy atom. The molecule has 0 N–H and O–H groups in total. The smallest absolute Gasteiger partial charge is 0.234 e. The van der Waals surface area contributed by atoms with Gasteiger partial charge in [0, 0.05) is 38.1 Å². The number of hydrogen-bond acceptors (Lipinski definition) is 4. The Bertz CT molecular complexity index is 1060. The van der Waals surface area contributed by atoms with E-state index in [-0.39, 0.29) is 17.9 Å². The topological polar surface area (TPSA) is 67.7 Å². The van der Waals surface area contributed by atoms with E-state index in [1.807, 2.05) is 37.5 Å². The van der Waals surface area contributed by atoms with Gasteiger partial charge in [-0.25, -0.2) is 0 Å². The van der Waals surface area contributed by atoms with Gasteiger partial charge in [0.2, 0.25) is 11.8 Å². The molecule has 162 valence electrons. The van der Waals surface area contributed by atoms with Gasteiger partial charge in [-0.2, -0.15) is 5.10 Å². The minimum Gasteiger partial charge on any atom is -0.360 e. The van der Waals surface area contributed by atoms with E-state index in [2.05, 4.69) is 31.1 Å². The Labute approximate surface area is 182 Å². The number of anilines is 1. The van der Waals surface area contributed by atoms with Gasteiger partial charge in [0.05, 0.1) is 30.7 Å². The largest absolute Gasteiger partial charge is 0.360 e. The van der Waals surface area contributed by atoms with E-state index in [9.17, 15) is 9.59 Å². The van der Waals surface area contributed by atoms with E-state index in [4.69, 9.17) is 4.74 Å². The van der Waals surface area contributed by atoms with Gasteiger partial charge in [0.25, 0.3) is 0 Å². The fourth-order valence-electron chi connectivity index (χ4n) is 5.20. The zero-order chi connectivity index (χ0) is 21.9. The van der Waals surface area contributed by atoms with Crippen molar-refractivity contribution in [3.8, 4) is 0 Å². The van der Waals surface area contributed by atoms with Crippen molar-refractivity contribution in [3.63, 3.8) is 0 Å². The summed E-state index contributed by atoms with van der Waals surface area (Å²) in [5.74, 6) is -0.650. The van der Waals surface area contributed by atoms with Crippen molar-refractivity contribution < 1.29 is 14.3 Å². The van der Waals surface area contributed by atoms with E-state index < -0.39 is 17.4 Å². The minimum atomic E-state index is -0.714. The second kappa shape index (κ2) is 7.05. The lowest BCUT2D eigenvalue weighted by molar-refractivity contribution is -0.139. The molecule has 1 aromatic carbocycles. The minimum absolute atomic E-state index is 0.0303. The van der Waals surface area contributed by atoms with E-state index in [0.29, 0.717) is 19.0 Å². The van der Waals surface area contributed by atoms with Crippen LogP contribution in [0.5, 0.6) is 0 Å². The van der Waals surface area contributed by atoms with Crippen LogP contribution >= 0.6 is 0 Å². The highest BCUT2D eigenvalue weighted by Gasteiger charge is 2.67. The second-order valence-corrected chi connectivity index (χ2v) is 9.29. The number of nitrogens with zero attached hydrogens (tertiary/aromatic N) is 4. The quantitative estimate of drug-likeness (QED) is 0.697. The van der Waals surface area contributed by atoms with Gasteiger partial charge in [-0.1, -0.05) is 38.1 Å². The molecule has 7 nitrogen and oxygen atoms in total. The lowest BCUT2D eigenvalue weighted by Gasteiger charge is -2.27. The van der Waals surface area contributed by atoms with Gasteiger partial charge in [-0.15, -0.1) is 0 Å². The Morgan fingerprint density at radius 2 is 2.06 bits per heavy atom. The fourth-order valence-corrected chi connectivity index (χ4v) is 5.20. The lowest BCUT2D eigenvalue weighted by Crippen LogP contribution is -2.44. The van der Waals surface area contributed by atoms with Gasteiger partial charge in [-0.3, -0.25) is 14.3 Å². The van der Waals surface area contributed by atoms with Crippen LogP contribution in [0.2, 0.25) is 0 Å². The molecule has 31 heavy (non-hydrogen) atoms. The monoisotopic (exact) mass is 420 g/mol. The average molecular weight is 421 g/mol. The fraction of sp³-hybridized carbons (Fsp3) is 0.458. The molecule has 0 unspecified atom stereocenters. The number of hydrogen-bond donors (Lipinski definition) is 0. The normalized spacial score (nSPS) is 28.6. The number of aromatic nitrogens is 2. The number of aryl methyl sites for hydroxylation is 1. The summed E-state index contributed by atoms with van der Waals surface area (Å²) in [5.41, 5.74) is 2.33. The molecule has 3 aliphatic heterocycles. The molecule has 0 aliphatic carbocycles. The van der Waals surface area contributed by atoms with E-state index in [1.165, 1.54) is 5.56 Å². The SMILES string of the molecule is CC(C)c1ccc(N2C[C@]34C=C[C@H](O3)[C@H](C(=O)N(C)Cc3cnn(C)c3)[C@@H]4C2=O)cc1. The molecule has 7 heteroatoms. The van der Waals surface area contributed by atoms with Crippen molar-refractivity contribution in [2.75, 3.05) is 18.5 Å². The number of carbonyl (C=O) groups excluding carboxylic acids is 2. The Balaban J connectivity index is 1.39. The number of benzene rings is 1. The average Bonchev–Trinajstić information content (AvgIpc) is 3.49. The molecule has 2 fully saturated rings. The van der Waals surface area contributed by atoms with Gasteiger partial charge in [0.1, 0.15) is 5.60 Å². The maximum absolute atomic E-state index is 13.5. The van der Waals surface area contributed by atoms with E-state index >= 15 is 0 Å². The van der Waals surface area contributed by atoms with Crippen LogP contribution < -0.4 is 4.90 Å². The van der Waals surface area contributed by atoms with Crippen LogP contribution in [-0.2, 0) is 27.9 Å². The zero-order valence-corrected chi connectivity index (χ0v) is 18.4. The highest BCUT2D eigenvalue weighted by atomic mass is 16.5. The van der Waals surface area contributed by atoms with Crippen LogP contribution in [0.15, 0.2) is 48.8 Å². The summed E-state index contributed by atoms with van der Waals surface area (Å²) in [4.78, 5) is 30.4. The van der Waals surface area contributed by atoms with Crippen LogP contribution in [0.25, 0.3) is 0 Å².